The van der Waals surface area contributed by atoms with Crippen molar-refractivity contribution in [2.24, 2.45) is 0 Å². The predicted molar refractivity (Wildman–Crippen MR) is 121 cm³/mol. The maximum Gasteiger partial charge on any atom is 0.251 e. The first-order valence-electron chi connectivity index (χ1n) is 10.4. The zero-order valence-corrected chi connectivity index (χ0v) is 18.1. The van der Waals surface area contributed by atoms with Gasteiger partial charge in [0.15, 0.2) is 0 Å². The molecule has 162 valence electrons. The first kappa shape index (κ1) is 21.5. The fourth-order valence-corrected chi connectivity index (χ4v) is 5.08. The minimum atomic E-state index is -0.424. The van der Waals surface area contributed by atoms with Gasteiger partial charge in [-0.3, -0.25) is 9.69 Å². The standard InChI is InChI=1S/C24H25F2N3OS/c1-17(27-24(30)18-4-2-5-20(26)16-18)23(22-6-3-15-31-22)29-13-11-28(12-14-29)21-9-7-19(25)8-10-21/h2-10,15-17,23H,11-14H2,1H3,(H,27,30)/t17-,23+/m0/s1. The number of halogens is 2. The van der Waals surface area contributed by atoms with E-state index in [1.165, 1.54) is 29.1 Å². The van der Waals surface area contributed by atoms with E-state index >= 15 is 0 Å². The molecule has 1 aromatic heterocycles. The Labute approximate surface area is 185 Å². The summed E-state index contributed by atoms with van der Waals surface area (Å²) in [4.78, 5) is 18.5. The molecule has 2 atom stereocenters. The molecule has 1 amide bonds. The molecule has 7 heteroatoms. The maximum atomic E-state index is 13.5. The lowest BCUT2D eigenvalue weighted by atomic mass is 10.0. The molecule has 4 rings (SSSR count). The van der Waals surface area contributed by atoms with Crippen molar-refractivity contribution in [2.75, 3.05) is 31.1 Å². The molecular weight excluding hydrogens is 416 g/mol. The Morgan fingerprint density at radius 1 is 0.968 bits per heavy atom. The van der Waals surface area contributed by atoms with Crippen LogP contribution in [0.3, 0.4) is 0 Å². The van der Waals surface area contributed by atoms with Crippen LogP contribution in [0, 0.1) is 11.6 Å². The van der Waals surface area contributed by atoms with Crippen molar-refractivity contribution >= 4 is 22.9 Å². The zero-order chi connectivity index (χ0) is 21.8. The number of nitrogens with zero attached hydrogens (tertiary/aromatic N) is 2. The average Bonchev–Trinajstić information content (AvgIpc) is 3.29. The third-order valence-corrected chi connectivity index (χ3v) is 6.60. The third-order valence-electron chi connectivity index (χ3n) is 5.65. The zero-order valence-electron chi connectivity index (χ0n) is 17.3. The summed E-state index contributed by atoms with van der Waals surface area (Å²) in [6, 6.07) is 16.3. The molecule has 2 aromatic carbocycles. The highest BCUT2D eigenvalue weighted by Crippen LogP contribution is 2.30. The number of hydrogen-bond acceptors (Lipinski definition) is 4. The molecule has 3 aromatic rings. The largest absolute Gasteiger partial charge is 0.369 e. The Morgan fingerprint density at radius 2 is 1.71 bits per heavy atom. The molecule has 1 N–H and O–H groups in total. The van der Waals surface area contributed by atoms with E-state index in [4.69, 9.17) is 0 Å². The smallest absolute Gasteiger partial charge is 0.251 e. The van der Waals surface area contributed by atoms with Crippen molar-refractivity contribution in [3.8, 4) is 0 Å². The highest BCUT2D eigenvalue weighted by atomic mass is 32.1. The lowest BCUT2D eigenvalue weighted by Gasteiger charge is -2.42. The molecule has 4 nitrogen and oxygen atoms in total. The molecule has 0 aliphatic carbocycles. The number of carbonyl (C=O) groups is 1. The molecule has 2 heterocycles. The number of amides is 1. The summed E-state index contributed by atoms with van der Waals surface area (Å²) in [6.07, 6.45) is 0. The molecule has 1 saturated heterocycles. The van der Waals surface area contributed by atoms with E-state index in [1.54, 1.807) is 23.5 Å². The van der Waals surface area contributed by atoms with Crippen LogP contribution in [0.5, 0.6) is 0 Å². The summed E-state index contributed by atoms with van der Waals surface area (Å²) in [5, 5.41) is 5.10. The number of anilines is 1. The van der Waals surface area contributed by atoms with Crippen LogP contribution in [-0.4, -0.2) is 43.0 Å². The normalized spacial score (nSPS) is 16.7. The maximum absolute atomic E-state index is 13.5. The number of benzene rings is 2. The van der Waals surface area contributed by atoms with E-state index in [1.807, 2.05) is 30.5 Å². The Balaban J connectivity index is 1.46. The van der Waals surface area contributed by atoms with Gasteiger partial charge in [-0.2, -0.15) is 0 Å². The van der Waals surface area contributed by atoms with E-state index in [-0.39, 0.29) is 23.8 Å². The van der Waals surface area contributed by atoms with Gasteiger partial charge in [-0.25, -0.2) is 8.78 Å². The van der Waals surface area contributed by atoms with Crippen molar-refractivity contribution in [1.29, 1.82) is 0 Å². The molecule has 31 heavy (non-hydrogen) atoms. The number of carbonyl (C=O) groups excluding carboxylic acids is 1. The molecule has 0 spiro atoms. The summed E-state index contributed by atoms with van der Waals surface area (Å²) in [7, 11) is 0. The van der Waals surface area contributed by atoms with Crippen molar-refractivity contribution in [3.63, 3.8) is 0 Å². The molecule has 1 aliphatic rings. The summed E-state index contributed by atoms with van der Waals surface area (Å²) >= 11 is 1.67. The van der Waals surface area contributed by atoms with Gasteiger partial charge >= 0.3 is 0 Å². The van der Waals surface area contributed by atoms with Crippen molar-refractivity contribution in [2.45, 2.75) is 19.0 Å². The third kappa shape index (κ3) is 5.11. The minimum Gasteiger partial charge on any atom is -0.369 e. The van der Waals surface area contributed by atoms with E-state index in [2.05, 4.69) is 21.2 Å². The Hall–Kier alpha value is -2.77. The van der Waals surface area contributed by atoms with Crippen LogP contribution in [0.25, 0.3) is 0 Å². The number of thiophene rings is 1. The molecule has 0 bridgehead atoms. The van der Waals surface area contributed by atoms with Crippen LogP contribution < -0.4 is 10.2 Å². The predicted octanol–water partition coefficient (Wildman–Crippen LogP) is 4.71. The molecular formula is C24H25F2N3OS. The summed E-state index contributed by atoms with van der Waals surface area (Å²) in [5.41, 5.74) is 1.33. The first-order chi connectivity index (χ1) is 15.0. The summed E-state index contributed by atoms with van der Waals surface area (Å²) in [6.45, 7) is 5.27. The van der Waals surface area contributed by atoms with Gasteiger partial charge in [-0.1, -0.05) is 12.1 Å². The fraction of sp³-hybridized carbons (Fsp3) is 0.292. The van der Waals surface area contributed by atoms with Gasteiger partial charge in [0.25, 0.3) is 5.91 Å². The number of rotatable bonds is 6. The molecule has 1 aliphatic heterocycles. The van der Waals surface area contributed by atoms with Gasteiger partial charge in [0.1, 0.15) is 11.6 Å². The van der Waals surface area contributed by atoms with Gasteiger partial charge < -0.3 is 10.2 Å². The second-order valence-electron chi connectivity index (χ2n) is 7.73. The van der Waals surface area contributed by atoms with Gasteiger partial charge in [-0.15, -0.1) is 11.3 Å². The average molecular weight is 442 g/mol. The highest BCUT2D eigenvalue weighted by Gasteiger charge is 2.31. The monoisotopic (exact) mass is 441 g/mol. The van der Waals surface area contributed by atoms with E-state index in [0.29, 0.717) is 5.56 Å². The van der Waals surface area contributed by atoms with E-state index in [9.17, 15) is 13.6 Å². The minimum absolute atomic E-state index is 0.0212. The SMILES string of the molecule is C[C@H](NC(=O)c1cccc(F)c1)[C@H](c1cccs1)N1CCN(c2ccc(F)cc2)CC1. The van der Waals surface area contributed by atoms with Crippen molar-refractivity contribution in [1.82, 2.24) is 10.2 Å². The fourth-order valence-electron chi connectivity index (χ4n) is 4.11. The van der Waals surface area contributed by atoms with Crippen LogP contribution in [0.2, 0.25) is 0 Å². The Morgan fingerprint density at radius 3 is 2.35 bits per heavy atom. The van der Waals surface area contributed by atoms with Crippen LogP contribution in [0.15, 0.2) is 66.0 Å². The molecule has 1 fully saturated rings. The quantitative estimate of drug-likeness (QED) is 0.602. The van der Waals surface area contributed by atoms with E-state index in [0.717, 1.165) is 31.9 Å². The lowest BCUT2D eigenvalue weighted by Crippen LogP contribution is -2.52. The van der Waals surface area contributed by atoms with Crippen LogP contribution in [0.4, 0.5) is 14.5 Å². The Kier molecular flexibility index (Phi) is 6.63. The van der Waals surface area contributed by atoms with Gasteiger partial charge in [0, 0.05) is 48.3 Å². The second kappa shape index (κ2) is 9.58. The van der Waals surface area contributed by atoms with Crippen LogP contribution >= 0.6 is 11.3 Å². The second-order valence-corrected chi connectivity index (χ2v) is 8.71. The van der Waals surface area contributed by atoms with E-state index < -0.39 is 5.82 Å². The summed E-state index contributed by atoms with van der Waals surface area (Å²) < 4.78 is 26.8. The molecule has 0 saturated carbocycles. The molecule has 0 radical (unpaired) electrons. The summed E-state index contributed by atoms with van der Waals surface area (Å²) in [5.74, 6) is -0.937. The molecule has 0 unspecified atom stereocenters. The van der Waals surface area contributed by atoms with Crippen LogP contribution in [0.1, 0.15) is 28.2 Å². The number of hydrogen-bond donors (Lipinski definition) is 1. The van der Waals surface area contributed by atoms with Gasteiger partial charge in [0.05, 0.1) is 6.04 Å². The van der Waals surface area contributed by atoms with Gasteiger partial charge in [-0.05, 0) is 60.8 Å². The number of piperazine rings is 1. The van der Waals surface area contributed by atoms with Crippen molar-refractivity contribution < 1.29 is 13.6 Å². The first-order valence-corrected chi connectivity index (χ1v) is 11.2. The topological polar surface area (TPSA) is 35.6 Å². The van der Waals surface area contributed by atoms with Gasteiger partial charge in [0.2, 0.25) is 0 Å². The lowest BCUT2D eigenvalue weighted by molar-refractivity contribution is 0.0890. The highest BCUT2D eigenvalue weighted by molar-refractivity contribution is 7.10. The number of nitrogens with one attached hydrogen (secondary N) is 1. The van der Waals surface area contributed by atoms with Crippen LogP contribution in [-0.2, 0) is 0 Å². The van der Waals surface area contributed by atoms with Crippen molar-refractivity contribution in [3.05, 3.63) is 88.1 Å². The Bertz CT molecular complexity index is 1000.